The summed E-state index contributed by atoms with van der Waals surface area (Å²) in [6, 6.07) is 0. The van der Waals surface area contributed by atoms with Crippen LogP contribution in [0.4, 0.5) is 0 Å². The molecule has 0 amide bonds. The molecule has 0 aromatic rings. The van der Waals surface area contributed by atoms with Crippen molar-refractivity contribution in [2.45, 2.75) is 0 Å². The summed E-state index contributed by atoms with van der Waals surface area (Å²) in [5.41, 5.74) is 0. The van der Waals surface area contributed by atoms with Gasteiger partial charge in [0.05, 0.1) is 0 Å². The second-order valence-electron chi connectivity index (χ2n) is 0.118. The monoisotopic (exact) mass is 124 g/mol. The van der Waals surface area contributed by atoms with E-state index in [0.29, 0.717) is 0 Å². The van der Waals surface area contributed by atoms with Crippen molar-refractivity contribution in [2.75, 3.05) is 6.79 Å². The first-order valence-corrected chi connectivity index (χ1v) is 0.577. The molecule has 0 aliphatic heterocycles. The van der Waals surface area contributed by atoms with Crippen molar-refractivity contribution in [3.8, 4) is 0 Å². The largest absolute Gasteiger partial charge is 1.00 e. The SMILES string of the molecule is [K+].[K+].[O-]C[O-]. The summed E-state index contributed by atoms with van der Waals surface area (Å²) in [7, 11) is 0. The van der Waals surface area contributed by atoms with E-state index in [9.17, 15) is 0 Å². The molecular weight excluding hydrogens is 122 g/mol. The van der Waals surface area contributed by atoms with Crippen LogP contribution in [0.3, 0.4) is 0 Å². The summed E-state index contributed by atoms with van der Waals surface area (Å²) < 4.78 is 0. The van der Waals surface area contributed by atoms with Crippen molar-refractivity contribution in [1.29, 1.82) is 0 Å². The van der Waals surface area contributed by atoms with Crippen molar-refractivity contribution < 1.29 is 113 Å². The van der Waals surface area contributed by atoms with Crippen LogP contribution >= 0.6 is 0 Å². The first kappa shape index (κ1) is 15.7. The number of hydrogen-bond acceptors (Lipinski definition) is 2. The average Bonchev–Trinajstić information content (AvgIpc) is 0.918. The van der Waals surface area contributed by atoms with Gasteiger partial charge in [-0.1, -0.05) is 0 Å². The molecule has 0 fully saturated rings. The molecule has 0 atom stereocenters. The van der Waals surface area contributed by atoms with Gasteiger partial charge in [0.1, 0.15) is 0 Å². The molecule has 0 saturated carbocycles. The first-order chi connectivity index (χ1) is 1.41. The summed E-state index contributed by atoms with van der Waals surface area (Å²) in [5.74, 6) is 0. The maximum Gasteiger partial charge on any atom is 1.00 e. The van der Waals surface area contributed by atoms with Gasteiger partial charge >= 0.3 is 103 Å². The molecule has 0 aromatic carbocycles. The third kappa shape index (κ3) is 19.0. The van der Waals surface area contributed by atoms with Crippen molar-refractivity contribution in [1.82, 2.24) is 0 Å². The van der Waals surface area contributed by atoms with Crippen molar-refractivity contribution in [2.24, 2.45) is 0 Å². The van der Waals surface area contributed by atoms with E-state index in [0.717, 1.165) is 0 Å². The van der Waals surface area contributed by atoms with E-state index in [2.05, 4.69) is 0 Å². The predicted molar refractivity (Wildman–Crippen MR) is 4.87 cm³/mol. The second-order valence-corrected chi connectivity index (χ2v) is 0.118. The van der Waals surface area contributed by atoms with Crippen LogP contribution in [0.15, 0.2) is 0 Å². The predicted octanol–water partition coefficient (Wildman–Crippen LogP) is -8.33. The molecule has 0 N–H and O–H groups in total. The number of rotatable bonds is 0. The normalized spacial score (nSPS) is 3.60. The van der Waals surface area contributed by atoms with Crippen LogP contribution < -0.4 is 113 Å². The third-order valence-electron chi connectivity index (χ3n) is 0. The molecular formula is CH2K2O2. The zero-order valence-electron chi connectivity index (χ0n) is 3.52. The first-order valence-electron chi connectivity index (χ1n) is 0.577. The quantitative estimate of drug-likeness (QED) is 0.238. The summed E-state index contributed by atoms with van der Waals surface area (Å²) in [6.07, 6.45) is 0. The summed E-state index contributed by atoms with van der Waals surface area (Å²) in [6.45, 7) is -1.25. The van der Waals surface area contributed by atoms with Crippen LogP contribution in [0.25, 0.3) is 0 Å². The summed E-state index contributed by atoms with van der Waals surface area (Å²) >= 11 is 0. The van der Waals surface area contributed by atoms with Gasteiger partial charge in [-0.25, -0.2) is 6.79 Å². The van der Waals surface area contributed by atoms with Gasteiger partial charge in [0.15, 0.2) is 0 Å². The maximum absolute atomic E-state index is 8.38. The fraction of sp³-hybridized carbons (Fsp3) is 1.00. The molecule has 5 heavy (non-hydrogen) atoms. The molecule has 0 radical (unpaired) electrons. The molecule has 0 spiro atoms. The molecule has 0 unspecified atom stereocenters. The van der Waals surface area contributed by atoms with Crippen LogP contribution in [-0.2, 0) is 0 Å². The minimum absolute atomic E-state index is 0. The minimum atomic E-state index is -1.25. The van der Waals surface area contributed by atoms with E-state index in [-0.39, 0.29) is 103 Å². The smallest absolute Gasteiger partial charge is 0.868 e. The van der Waals surface area contributed by atoms with Gasteiger partial charge in [-0.3, -0.25) is 0 Å². The standard InChI is InChI=1S/CH2O2.2K/c2-1-3;;/h1H2;;/q-2;2*+1. The minimum Gasteiger partial charge on any atom is -0.868 e. The van der Waals surface area contributed by atoms with Gasteiger partial charge < -0.3 is 10.2 Å². The van der Waals surface area contributed by atoms with Gasteiger partial charge in [0, 0.05) is 0 Å². The Hall–Kier alpha value is 3.19. The molecule has 0 heterocycles. The van der Waals surface area contributed by atoms with E-state index in [1.165, 1.54) is 0 Å². The Morgan fingerprint density at radius 3 is 1.00 bits per heavy atom. The summed E-state index contributed by atoms with van der Waals surface area (Å²) in [4.78, 5) is 0. The van der Waals surface area contributed by atoms with Gasteiger partial charge in [-0.2, -0.15) is 0 Å². The Morgan fingerprint density at radius 2 is 1.00 bits per heavy atom. The molecule has 2 nitrogen and oxygen atoms in total. The van der Waals surface area contributed by atoms with Crippen LogP contribution in [0.5, 0.6) is 0 Å². The Kier molecular flexibility index (Phi) is 49.3. The van der Waals surface area contributed by atoms with Crippen LogP contribution in [-0.4, -0.2) is 6.79 Å². The van der Waals surface area contributed by atoms with E-state index >= 15 is 0 Å². The second kappa shape index (κ2) is 15.7. The zero-order valence-corrected chi connectivity index (χ0v) is 9.77. The third-order valence-corrected chi connectivity index (χ3v) is 0. The Balaban J connectivity index is -0.0000000200. The molecule has 0 aliphatic carbocycles. The van der Waals surface area contributed by atoms with E-state index in [1.807, 2.05) is 0 Å². The molecule has 0 bridgehead atoms. The molecule has 0 aliphatic rings. The van der Waals surface area contributed by atoms with Crippen LogP contribution in [0.2, 0.25) is 0 Å². The van der Waals surface area contributed by atoms with Crippen molar-refractivity contribution in [3.05, 3.63) is 0 Å². The van der Waals surface area contributed by atoms with Gasteiger partial charge in [-0.15, -0.1) is 0 Å². The van der Waals surface area contributed by atoms with Crippen molar-refractivity contribution >= 4 is 0 Å². The topological polar surface area (TPSA) is 46.1 Å². The van der Waals surface area contributed by atoms with Gasteiger partial charge in [0.25, 0.3) is 0 Å². The molecule has 0 aromatic heterocycles. The zero-order chi connectivity index (χ0) is 2.71. The molecule has 4 heteroatoms. The van der Waals surface area contributed by atoms with Gasteiger partial charge in [-0.05, 0) is 0 Å². The molecule has 0 saturated heterocycles. The van der Waals surface area contributed by atoms with Crippen LogP contribution in [0.1, 0.15) is 0 Å². The molecule has 20 valence electrons. The Labute approximate surface area is 116 Å². The van der Waals surface area contributed by atoms with E-state index in [1.54, 1.807) is 0 Å². The number of hydrogen-bond donors (Lipinski definition) is 0. The summed E-state index contributed by atoms with van der Waals surface area (Å²) in [5, 5.41) is 16.8. The fourth-order valence-corrected chi connectivity index (χ4v) is 0. The van der Waals surface area contributed by atoms with Crippen LogP contribution in [0, 0.1) is 0 Å². The molecule has 0 rings (SSSR count). The van der Waals surface area contributed by atoms with E-state index < -0.39 is 6.79 Å². The van der Waals surface area contributed by atoms with E-state index in [4.69, 9.17) is 10.2 Å². The van der Waals surface area contributed by atoms with Gasteiger partial charge in [0.2, 0.25) is 0 Å². The Bertz CT molecular complexity index is 7.61. The maximum atomic E-state index is 8.38. The average molecular weight is 124 g/mol. The Morgan fingerprint density at radius 1 is 1.00 bits per heavy atom. The fourth-order valence-electron chi connectivity index (χ4n) is 0. The van der Waals surface area contributed by atoms with Crippen molar-refractivity contribution in [3.63, 3.8) is 0 Å².